The molecular formula is C15H20ClNO. The number of benzene rings is 1. The Morgan fingerprint density at radius 2 is 1.94 bits per heavy atom. The van der Waals surface area contributed by atoms with Gasteiger partial charge in [0.15, 0.2) is 0 Å². The second-order valence-electron chi connectivity index (χ2n) is 5.93. The predicted octanol–water partition coefficient (Wildman–Crippen LogP) is 3.10. The summed E-state index contributed by atoms with van der Waals surface area (Å²) in [6, 6.07) is 10.0. The fraction of sp³-hybridized carbons (Fsp3) is 0.533. The number of rotatable bonds is 5. The van der Waals surface area contributed by atoms with Gasteiger partial charge in [0.1, 0.15) is 0 Å². The van der Waals surface area contributed by atoms with E-state index in [4.69, 9.17) is 11.6 Å². The maximum Gasteiger partial charge on any atom is 0.230 e. The third-order valence-electron chi connectivity index (χ3n) is 3.60. The van der Waals surface area contributed by atoms with E-state index < -0.39 is 0 Å². The van der Waals surface area contributed by atoms with Crippen LogP contribution in [0.5, 0.6) is 0 Å². The van der Waals surface area contributed by atoms with Crippen LogP contribution in [0.4, 0.5) is 0 Å². The lowest BCUT2D eigenvalue weighted by atomic mass is 9.93. The predicted molar refractivity (Wildman–Crippen MR) is 74.9 cm³/mol. The number of hydrogen-bond acceptors (Lipinski definition) is 1. The Morgan fingerprint density at radius 1 is 1.33 bits per heavy atom. The Morgan fingerprint density at radius 3 is 2.44 bits per heavy atom. The summed E-state index contributed by atoms with van der Waals surface area (Å²) >= 11 is 5.87. The number of amides is 1. The van der Waals surface area contributed by atoms with E-state index in [1.54, 1.807) is 0 Å². The molecule has 1 aliphatic carbocycles. The van der Waals surface area contributed by atoms with Gasteiger partial charge in [-0.25, -0.2) is 0 Å². The normalized spacial score (nSPS) is 17.3. The molecule has 1 aliphatic rings. The lowest BCUT2D eigenvalue weighted by molar-refractivity contribution is -0.124. The number of carbonyl (C=O) groups is 1. The fourth-order valence-corrected chi connectivity index (χ4v) is 2.16. The molecule has 98 valence electrons. The highest BCUT2D eigenvalue weighted by atomic mass is 35.5. The Hall–Kier alpha value is -1.02. The summed E-state index contributed by atoms with van der Waals surface area (Å²) in [6.07, 6.45) is 1.90. The van der Waals surface area contributed by atoms with Crippen LogP contribution in [0.1, 0.15) is 32.3 Å². The van der Waals surface area contributed by atoms with Crippen LogP contribution in [-0.2, 0) is 10.2 Å². The van der Waals surface area contributed by atoms with Crippen molar-refractivity contribution < 1.29 is 4.79 Å². The monoisotopic (exact) mass is 265 g/mol. The lowest BCUT2D eigenvalue weighted by Gasteiger charge is -2.24. The van der Waals surface area contributed by atoms with Crippen LogP contribution in [0.25, 0.3) is 0 Å². The van der Waals surface area contributed by atoms with Gasteiger partial charge in [0.2, 0.25) is 5.91 Å². The molecule has 1 aromatic rings. The smallest absolute Gasteiger partial charge is 0.230 e. The SMILES string of the molecule is CC(C)(CCl)CNC(=O)C1(c2ccccc2)CC1. The number of halogens is 1. The minimum atomic E-state index is -0.274. The van der Waals surface area contributed by atoms with Gasteiger partial charge in [-0.05, 0) is 23.8 Å². The number of hydrogen-bond donors (Lipinski definition) is 1. The molecule has 0 spiro atoms. The molecule has 18 heavy (non-hydrogen) atoms. The van der Waals surface area contributed by atoms with Gasteiger partial charge in [-0.1, -0.05) is 44.2 Å². The zero-order valence-corrected chi connectivity index (χ0v) is 11.8. The summed E-state index contributed by atoms with van der Waals surface area (Å²) in [5.74, 6) is 0.693. The summed E-state index contributed by atoms with van der Waals surface area (Å²) in [4.78, 5) is 12.3. The average Bonchev–Trinajstić information content (AvgIpc) is 3.19. The zero-order chi connectivity index (χ0) is 13.2. The number of alkyl halides is 1. The second-order valence-corrected chi connectivity index (χ2v) is 6.20. The Kier molecular flexibility index (Phi) is 3.67. The second kappa shape index (κ2) is 4.93. The van der Waals surface area contributed by atoms with Crippen LogP contribution in [0.15, 0.2) is 30.3 Å². The van der Waals surface area contributed by atoms with Gasteiger partial charge in [0, 0.05) is 12.4 Å². The molecule has 1 aromatic carbocycles. The first-order valence-corrected chi connectivity index (χ1v) is 6.93. The summed E-state index contributed by atoms with van der Waals surface area (Å²) in [5.41, 5.74) is 0.805. The highest BCUT2D eigenvalue weighted by Crippen LogP contribution is 2.48. The van der Waals surface area contributed by atoms with Crippen LogP contribution >= 0.6 is 11.6 Å². The third-order valence-corrected chi connectivity index (χ3v) is 4.32. The minimum absolute atomic E-state index is 0.0516. The molecular weight excluding hydrogens is 246 g/mol. The van der Waals surface area contributed by atoms with E-state index in [0.717, 1.165) is 18.4 Å². The molecule has 1 N–H and O–H groups in total. The quantitative estimate of drug-likeness (QED) is 0.815. The molecule has 2 rings (SSSR count). The highest BCUT2D eigenvalue weighted by Gasteiger charge is 2.51. The topological polar surface area (TPSA) is 29.1 Å². The molecule has 3 heteroatoms. The van der Waals surface area contributed by atoms with Crippen LogP contribution in [0, 0.1) is 5.41 Å². The van der Waals surface area contributed by atoms with Crippen LogP contribution in [0.2, 0.25) is 0 Å². The maximum atomic E-state index is 12.3. The van der Waals surface area contributed by atoms with Crippen molar-refractivity contribution in [3.63, 3.8) is 0 Å². The van der Waals surface area contributed by atoms with Crippen LogP contribution in [-0.4, -0.2) is 18.3 Å². The van der Waals surface area contributed by atoms with Gasteiger partial charge >= 0.3 is 0 Å². The molecule has 0 aromatic heterocycles. The van der Waals surface area contributed by atoms with Crippen LogP contribution in [0.3, 0.4) is 0 Å². The van der Waals surface area contributed by atoms with Gasteiger partial charge in [-0.15, -0.1) is 11.6 Å². The van der Waals surface area contributed by atoms with Crippen molar-refractivity contribution in [2.75, 3.05) is 12.4 Å². The van der Waals surface area contributed by atoms with E-state index in [9.17, 15) is 4.79 Å². The molecule has 0 unspecified atom stereocenters. The highest BCUT2D eigenvalue weighted by molar-refractivity contribution is 6.18. The van der Waals surface area contributed by atoms with Gasteiger partial charge in [-0.3, -0.25) is 4.79 Å². The van der Waals surface area contributed by atoms with Gasteiger partial charge < -0.3 is 5.32 Å². The van der Waals surface area contributed by atoms with Crippen molar-refractivity contribution in [3.05, 3.63) is 35.9 Å². The zero-order valence-electron chi connectivity index (χ0n) is 11.0. The molecule has 0 atom stereocenters. The molecule has 0 saturated heterocycles. The van der Waals surface area contributed by atoms with Crippen molar-refractivity contribution in [3.8, 4) is 0 Å². The standard InChI is InChI=1S/C15H20ClNO/c1-14(2,10-16)11-17-13(18)15(8-9-15)12-6-4-3-5-7-12/h3-7H,8-11H2,1-2H3,(H,17,18). The van der Waals surface area contributed by atoms with Crippen molar-refractivity contribution in [2.45, 2.75) is 32.1 Å². The average molecular weight is 266 g/mol. The first kappa shape index (κ1) is 13.4. The Bertz CT molecular complexity index is 423. The molecule has 1 saturated carbocycles. The Labute approximate surface area is 114 Å². The number of nitrogens with one attached hydrogen (secondary N) is 1. The van der Waals surface area contributed by atoms with Gasteiger partial charge in [-0.2, -0.15) is 0 Å². The molecule has 1 amide bonds. The molecule has 0 bridgehead atoms. The van der Waals surface area contributed by atoms with Crippen LogP contribution < -0.4 is 5.32 Å². The maximum absolute atomic E-state index is 12.3. The summed E-state index contributed by atoms with van der Waals surface area (Å²) in [7, 11) is 0. The van der Waals surface area contributed by atoms with Crippen molar-refractivity contribution in [1.82, 2.24) is 5.32 Å². The summed E-state index contributed by atoms with van der Waals surface area (Å²) in [6.45, 7) is 4.74. The van der Waals surface area contributed by atoms with Crippen molar-refractivity contribution in [1.29, 1.82) is 0 Å². The largest absolute Gasteiger partial charge is 0.355 e. The molecule has 0 heterocycles. The third kappa shape index (κ3) is 2.69. The van der Waals surface area contributed by atoms with E-state index in [-0.39, 0.29) is 16.7 Å². The summed E-state index contributed by atoms with van der Waals surface area (Å²) < 4.78 is 0. The van der Waals surface area contributed by atoms with E-state index >= 15 is 0 Å². The van der Waals surface area contributed by atoms with E-state index in [0.29, 0.717) is 12.4 Å². The number of carbonyl (C=O) groups excluding carboxylic acids is 1. The first-order valence-electron chi connectivity index (χ1n) is 6.40. The van der Waals surface area contributed by atoms with E-state index in [1.807, 2.05) is 30.3 Å². The first-order chi connectivity index (χ1) is 8.50. The van der Waals surface area contributed by atoms with E-state index in [1.165, 1.54) is 0 Å². The van der Waals surface area contributed by atoms with Gasteiger partial charge in [0.05, 0.1) is 5.41 Å². The molecule has 0 radical (unpaired) electrons. The van der Waals surface area contributed by atoms with E-state index in [2.05, 4.69) is 19.2 Å². The molecule has 0 aliphatic heterocycles. The Balaban J connectivity index is 2.02. The fourth-order valence-electron chi connectivity index (χ4n) is 2.07. The summed E-state index contributed by atoms with van der Waals surface area (Å²) in [5, 5.41) is 3.05. The lowest BCUT2D eigenvalue weighted by Crippen LogP contribution is -2.40. The molecule has 2 nitrogen and oxygen atoms in total. The minimum Gasteiger partial charge on any atom is -0.355 e. The van der Waals surface area contributed by atoms with Crippen molar-refractivity contribution >= 4 is 17.5 Å². The van der Waals surface area contributed by atoms with Gasteiger partial charge in [0.25, 0.3) is 0 Å². The van der Waals surface area contributed by atoms with Crippen molar-refractivity contribution in [2.24, 2.45) is 5.41 Å². The molecule has 1 fully saturated rings.